The van der Waals surface area contributed by atoms with Crippen LogP contribution in [-0.4, -0.2) is 18.1 Å². The summed E-state index contributed by atoms with van der Waals surface area (Å²) in [6.45, 7) is 3.68. The maximum Gasteiger partial charge on any atom is 0.237 e. The number of hydrogen-bond acceptors (Lipinski definition) is 3. The van der Waals surface area contributed by atoms with E-state index in [2.05, 4.69) is 10.3 Å². The Bertz CT molecular complexity index is 297. The van der Waals surface area contributed by atoms with Gasteiger partial charge in [0.2, 0.25) is 5.88 Å². The fourth-order valence-electron chi connectivity index (χ4n) is 1.35. The highest BCUT2D eigenvalue weighted by molar-refractivity contribution is 5.52. The molecule has 1 saturated carbocycles. The van der Waals surface area contributed by atoms with Crippen molar-refractivity contribution < 1.29 is 4.74 Å². The molecule has 76 valence electrons. The van der Waals surface area contributed by atoms with E-state index in [1.54, 1.807) is 6.20 Å². The van der Waals surface area contributed by atoms with Crippen molar-refractivity contribution in [3.63, 3.8) is 0 Å². The van der Waals surface area contributed by atoms with Gasteiger partial charge < -0.3 is 10.1 Å². The van der Waals surface area contributed by atoms with Gasteiger partial charge in [-0.3, -0.25) is 0 Å². The van der Waals surface area contributed by atoms with Crippen LogP contribution in [0.25, 0.3) is 0 Å². The van der Waals surface area contributed by atoms with Gasteiger partial charge in [-0.1, -0.05) is 0 Å². The number of nitrogens with one attached hydrogen (secondary N) is 1. The predicted octanol–water partition coefficient (Wildman–Crippen LogP) is 2.30. The zero-order valence-corrected chi connectivity index (χ0v) is 8.49. The molecule has 1 fully saturated rings. The zero-order valence-electron chi connectivity index (χ0n) is 8.49. The smallest absolute Gasteiger partial charge is 0.237 e. The molecule has 0 radical (unpaired) electrons. The van der Waals surface area contributed by atoms with Crippen molar-refractivity contribution in [3.8, 4) is 5.88 Å². The second-order valence-corrected chi connectivity index (χ2v) is 3.61. The van der Waals surface area contributed by atoms with Crippen LogP contribution >= 0.6 is 0 Å². The number of pyridine rings is 1. The first kappa shape index (κ1) is 9.31. The Hall–Kier alpha value is -1.25. The molecule has 14 heavy (non-hydrogen) atoms. The summed E-state index contributed by atoms with van der Waals surface area (Å²) in [6.07, 6.45) is 4.47. The van der Waals surface area contributed by atoms with Gasteiger partial charge in [0.25, 0.3) is 0 Å². The average Bonchev–Trinajstić information content (AvgIpc) is 3.01. The Morgan fingerprint density at radius 3 is 3.14 bits per heavy atom. The molecule has 0 spiro atoms. The van der Waals surface area contributed by atoms with E-state index in [0.717, 1.165) is 24.0 Å². The minimum Gasteiger partial charge on any atom is -0.476 e. The van der Waals surface area contributed by atoms with Crippen molar-refractivity contribution in [1.29, 1.82) is 0 Å². The molecule has 0 aliphatic heterocycles. The molecule has 0 saturated heterocycles. The van der Waals surface area contributed by atoms with Crippen LogP contribution in [0, 0.1) is 5.92 Å². The first-order chi connectivity index (χ1) is 6.90. The maximum atomic E-state index is 5.42. The van der Waals surface area contributed by atoms with E-state index < -0.39 is 0 Å². The van der Waals surface area contributed by atoms with Gasteiger partial charge in [-0.05, 0) is 37.8 Å². The van der Waals surface area contributed by atoms with Gasteiger partial charge in [0, 0.05) is 12.7 Å². The lowest BCUT2D eigenvalue weighted by molar-refractivity contribution is 0.328. The quantitative estimate of drug-likeness (QED) is 0.777. The minimum absolute atomic E-state index is 0.662. The van der Waals surface area contributed by atoms with Gasteiger partial charge in [-0.25, -0.2) is 4.98 Å². The Balaban J connectivity index is 1.97. The van der Waals surface area contributed by atoms with Gasteiger partial charge >= 0.3 is 0 Å². The van der Waals surface area contributed by atoms with Gasteiger partial charge in [0.05, 0.1) is 12.3 Å². The lowest BCUT2D eigenvalue weighted by Gasteiger charge is -2.09. The number of ether oxygens (including phenoxy) is 1. The van der Waals surface area contributed by atoms with Crippen molar-refractivity contribution in [2.45, 2.75) is 19.8 Å². The van der Waals surface area contributed by atoms with Crippen LogP contribution in [0.1, 0.15) is 19.8 Å². The molecule has 0 bridgehead atoms. The first-order valence-electron chi connectivity index (χ1n) is 5.22. The van der Waals surface area contributed by atoms with E-state index in [-0.39, 0.29) is 0 Å². The van der Waals surface area contributed by atoms with E-state index in [0.29, 0.717) is 6.61 Å². The van der Waals surface area contributed by atoms with Crippen LogP contribution < -0.4 is 10.1 Å². The molecule has 0 aromatic carbocycles. The van der Waals surface area contributed by atoms with Gasteiger partial charge in [-0.15, -0.1) is 0 Å². The second kappa shape index (κ2) is 4.31. The van der Waals surface area contributed by atoms with Crippen LogP contribution in [0.5, 0.6) is 5.88 Å². The molecule has 1 aromatic rings. The molecule has 1 heterocycles. The molecular weight excluding hydrogens is 176 g/mol. The standard InChI is InChI=1S/C11H16N2O/c1-2-14-11-10(4-3-7-12-11)13-8-9-5-6-9/h3-4,7,9,13H,2,5-6,8H2,1H3. The zero-order chi connectivity index (χ0) is 9.80. The summed E-state index contributed by atoms with van der Waals surface area (Å²) >= 11 is 0. The molecule has 0 atom stereocenters. The molecule has 1 aliphatic carbocycles. The van der Waals surface area contributed by atoms with Crippen molar-refractivity contribution in [1.82, 2.24) is 4.98 Å². The van der Waals surface area contributed by atoms with Crippen molar-refractivity contribution in [2.24, 2.45) is 5.92 Å². The summed E-state index contributed by atoms with van der Waals surface area (Å²) in [5.41, 5.74) is 1.02. The highest BCUT2D eigenvalue weighted by atomic mass is 16.5. The molecule has 1 N–H and O–H groups in total. The van der Waals surface area contributed by atoms with E-state index in [4.69, 9.17) is 4.74 Å². The monoisotopic (exact) mass is 192 g/mol. The normalized spacial score (nSPS) is 15.2. The summed E-state index contributed by atoms with van der Waals surface area (Å²) in [6, 6.07) is 3.94. The molecule has 1 aromatic heterocycles. The molecule has 0 unspecified atom stereocenters. The topological polar surface area (TPSA) is 34.1 Å². The Labute approximate surface area is 84.5 Å². The maximum absolute atomic E-state index is 5.42. The Kier molecular flexibility index (Phi) is 2.87. The fraction of sp³-hybridized carbons (Fsp3) is 0.545. The number of anilines is 1. The summed E-state index contributed by atoms with van der Waals surface area (Å²) in [7, 11) is 0. The molecule has 2 rings (SSSR count). The predicted molar refractivity (Wildman–Crippen MR) is 56.6 cm³/mol. The average molecular weight is 192 g/mol. The number of hydrogen-bond donors (Lipinski definition) is 1. The lowest BCUT2D eigenvalue weighted by Crippen LogP contribution is -2.06. The summed E-state index contributed by atoms with van der Waals surface area (Å²) in [4.78, 5) is 4.18. The van der Waals surface area contributed by atoms with Crippen LogP contribution in [0.15, 0.2) is 18.3 Å². The van der Waals surface area contributed by atoms with Crippen LogP contribution in [-0.2, 0) is 0 Å². The number of aromatic nitrogens is 1. The number of rotatable bonds is 5. The summed E-state index contributed by atoms with van der Waals surface area (Å²) < 4.78 is 5.42. The summed E-state index contributed by atoms with van der Waals surface area (Å²) in [5.74, 6) is 1.58. The van der Waals surface area contributed by atoms with Gasteiger partial charge in [0.15, 0.2) is 0 Å². The minimum atomic E-state index is 0.662. The second-order valence-electron chi connectivity index (χ2n) is 3.61. The molecular formula is C11H16N2O. The largest absolute Gasteiger partial charge is 0.476 e. The highest BCUT2D eigenvalue weighted by Crippen LogP contribution is 2.30. The number of nitrogens with zero attached hydrogens (tertiary/aromatic N) is 1. The molecule has 3 heteroatoms. The van der Waals surface area contributed by atoms with E-state index in [9.17, 15) is 0 Å². The Morgan fingerprint density at radius 1 is 1.57 bits per heavy atom. The van der Waals surface area contributed by atoms with Crippen LogP contribution in [0.3, 0.4) is 0 Å². The highest BCUT2D eigenvalue weighted by Gasteiger charge is 2.21. The third-order valence-electron chi connectivity index (χ3n) is 2.33. The SMILES string of the molecule is CCOc1ncccc1NCC1CC1. The first-order valence-corrected chi connectivity index (χ1v) is 5.22. The summed E-state index contributed by atoms with van der Waals surface area (Å²) in [5, 5.41) is 3.37. The van der Waals surface area contributed by atoms with Crippen molar-refractivity contribution >= 4 is 5.69 Å². The molecule has 1 aliphatic rings. The van der Waals surface area contributed by atoms with Gasteiger partial charge in [-0.2, -0.15) is 0 Å². The van der Waals surface area contributed by atoms with E-state index in [1.165, 1.54) is 12.8 Å². The third kappa shape index (κ3) is 2.37. The lowest BCUT2D eigenvalue weighted by atomic mass is 10.3. The van der Waals surface area contributed by atoms with Crippen molar-refractivity contribution in [3.05, 3.63) is 18.3 Å². The third-order valence-corrected chi connectivity index (χ3v) is 2.33. The Morgan fingerprint density at radius 2 is 2.43 bits per heavy atom. The fourth-order valence-corrected chi connectivity index (χ4v) is 1.35. The van der Waals surface area contributed by atoms with Gasteiger partial charge in [0.1, 0.15) is 0 Å². The van der Waals surface area contributed by atoms with E-state index >= 15 is 0 Å². The van der Waals surface area contributed by atoms with Crippen molar-refractivity contribution in [2.75, 3.05) is 18.5 Å². The van der Waals surface area contributed by atoms with Crippen LogP contribution in [0.2, 0.25) is 0 Å². The van der Waals surface area contributed by atoms with E-state index in [1.807, 2.05) is 19.1 Å². The molecule has 3 nitrogen and oxygen atoms in total. The molecule has 0 amide bonds. The van der Waals surface area contributed by atoms with Crippen LogP contribution in [0.4, 0.5) is 5.69 Å².